The van der Waals surface area contributed by atoms with E-state index in [1.54, 1.807) is 24.3 Å². The van der Waals surface area contributed by atoms with Gasteiger partial charge in [-0.15, -0.1) is 12.6 Å². The molecule has 0 aromatic heterocycles. The summed E-state index contributed by atoms with van der Waals surface area (Å²) in [6.07, 6.45) is 0. The number of halogens is 1. The van der Waals surface area contributed by atoms with Crippen LogP contribution in [-0.2, 0) is 4.79 Å². The number of carbonyl (C=O) groups excluding carboxylic acids is 1. The van der Waals surface area contributed by atoms with Crippen LogP contribution in [0.15, 0.2) is 45.4 Å². The summed E-state index contributed by atoms with van der Waals surface area (Å²) in [5.74, 6) is 0.578. The Morgan fingerprint density at radius 3 is 2.75 bits per heavy atom. The fourth-order valence-electron chi connectivity index (χ4n) is 2.05. The maximum atomic E-state index is 11.7. The molecule has 1 atom stereocenters. The largest absolute Gasteiger partial charge is 0.763 e. The summed E-state index contributed by atoms with van der Waals surface area (Å²) >= 11 is 10.1. The Hall–Kier alpha value is -2.01. The van der Waals surface area contributed by atoms with Gasteiger partial charge >= 0.3 is 0 Å². The van der Waals surface area contributed by atoms with Crippen LogP contribution in [0.3, 0.4) is 0 Å². The van der Waals surface area contributed by atoms with Gasteiger partial charge in [-0.25, -0.2) is 4.99 Å². The van der Waals surface area contributed by atoms with Gasteiger partial charge in [0.25, 0.3) is 0 Å². The number of hydrogen-bond donors (Lipinski definition) is 3. The number of rotatable bonds is 2. The highest BCUT2D eigenvalue weighted by Crippen LogP contribution is 2.38. The Morgan fingerprint density at radius 2 is 2.20 bits per heavy atom. The molecule has 0 aliphatic carbocycles. The van der Waals surface area contributed by atoms with E-state index in [1.807, 2.05) is 5.87 Å². The first-order valence-electron chi connectivity index (χ1n) is 5.55. The van der Waals surface area contributed by atoms with Crippen molar-refractivity contribution in [1.29, 1.82) is 0 Å². The molecule has 0 fully saturated rings. The van der Waals surface area contributed by atoms with E-state index in [4.69, 9.17) is 23.1 Å². The van der Waals surface area contributed by atoms with Gasteiger partial charge < -0.3 is 16.9 Å². The number of amides is 1. The molecule has 2 rings (SSSR count). The monoisotopic (exact) mass is 305 g/mol. The summed E-state index contributed by atoms with van der Waals surface area (Å²) in [5, 5.41) is 9.86. The molecule has 1 heterocycles. The van der Waals surface area contributed by atoms with Crippen molar-refractivity contribution in [2.45, 2.75) is 5.92 Å². The Kier molecular flexibility index (Phi) is 3.99. The Morgan fingerprint density at radius 1 is 1.50 bits per heavy atom. The molecular formula is C13H10ClN4OS-. The second-order valence-electron chi connectivity index (χ2n) is 4.11. The van der Waals surface area contributed by atoms with E-state index in [2.05, 4.69) is 17.6 Å². The van der Waals surface area contributed by atoms with Crippen LogP contribution in [0, 0.1) is 0 Å². The summed E-state index contributed by atoms with van der Waals surface area (Å²) in [7, 11) is 0. The van der Waals surface area contributed by atoms with Crippen LogP contribution >= 0.6 is 24.2 Å². The fraction of sp³-hybridized carbons (Fsp3) is 0.0769. The molecule has 20 heavy (non-hydrogen) atoms. The first-order chi connectivity index (χ1) is 9.45. The summed E-state index contributed by atoms with van der Waals surface area (Å²) < 4.78 is 0. The van der Waals surface area contributed by atoms with Gasteiger partial charge in [0, 0.05) is 10.6 Å². The van der Waals surface area contributed by atoms with Crippen LogP contribution in [0.1, 0.15) is 11.5 Å². The first kappa shape index (κ1) is 14.4. The maximum absolute atomic E-state index is 11.7. The molecule has 1 unspecified atom stereocenters. The molecule has 0 spiro atoms. The molecule has 1 aliphatic rings. The molecule has 7 heteroatoms. The summed E-state index contributed by atoms with van der Waals surface area (Å²) in [5.41, 5.74) is 12.0. The number of hydrogen-bond acceptors (Lipinski definition) is 4. The predicted molar refractivity (Wildman–Crippen MR) is 82.9 cm³/mol. The molecule has 5 nitrogen and oxygen atoms in total. The van der Waals surface area contributed by atoms with E-state index in [0.717, 1.165) is 0 Å². The van der Waals surface area contributed by atoms with Crippen molar-refractivity contribution >= 4 is 41.8 Å². The quantitative estimate of drug-likeness (QED) is 0.570. The van der Waals surface area contributed by atoms with Crippen molar-refractivity contribution in [3.8, 4) is 0 Å². The minimum Gasteiger partial charge on any atom is -0.763 e. The van der Waals surface area contributed by atoms with Gasteiger partial charge in [0.2, 0.25) is 5.91 Å². The van der Waals surface area contributed by atoms with E-state index in [0.29, 0.717) is 10.6 Å². The molecular weight excluding hydrogens is 296 g/mol. The maximum Gasteiger partial charge on any atom is 0.248 e. The van der Waals surface area contributed by atoms with Crippen LogP contribution in [0.2, 0.25) is 5.02 Å². The highest BCUT2D eigenvalue weighted by molar-refractivity contribution is 7.84. The van der Waals surface area contributed by atoms with Gasteiger partial charge in [-0.05, 0) is 17.7 Å². The smallest absolute Gasteiger partial charge is 0.248 e. The highest BCUT2D eigenvalue weighted by Gasteiger charge is 2.32. The SMILES string of the molecule is [N-]=C=C1C(N)=NC(S)=C(C(N)=O)C1c1cccc(Cl)c1. The van der Waals surface area contributed by atoms with Crippen molar-refractivity contribution in [2.75, 3.05) is 0 Å². The lowest BCUT2D eigenvalue weighted by Gasteiger charge is -2.26. The van der Waals surface area contributed by atoms with Crippen molar-refractivity contribution in [3.05, 3.63) is 56.4 Å². The minimum atomic E-state index is -0.707. The van der Waals surface area contributed by atoms with Crippen molar-refractivity contribution in [2.24, 2.45) is 16.5 Å². The van der Waals surface area contributed by atoms with Crippen LogP contribution < -0.4 is 11.5 Å². The number of thiol groups is 1. The van der Waals surface area contributed by atoms with Gasteiger partial charge in [-0.2, -0.15) is 0 Å². The van der Waals surface area contributed by atoms with Gasteiger partial charge in [-0.1, -0.05) is 23.7 Å². The van der Waals surface area contributed by atoms with Crippen LogP contribution in [0.4, 0.5) is 0 Å². The van der Waals surface area contributed by atoms with E-state index in [1.165, 1.54) is 0 Å². The summed E-state index contributed by atoms with van der Waals surface area (Å²) in [4.78, 5) is 15.5. The lowest BCUT2D eigenvalue weighted by Crippen LogP contribution is -2.31. The number of amidine groups is 1. The van der Waals surface area contributed by atoms with Crippen molar-refractivity contribution < 1.29 is 4.79 Å². The second kappa shape index (κ2) is 5.54. The third-order valence-corrected chi connectivity index (χ3v) is 3.46. The fourth-order valence-corrected chi connectivity index (χ4v) is 2.60. The van der Waals surface area contributed by atoms with Crippen LogP contribution in [0.5, 0.6) is 0 Å². The minimum absolute atomic E-state index is 0.0208. The zero-order chi connectivity index (χ0) is 14.9. The Bertz CT molecular complexity index is 704. The van der Waals surface area contributed by atoms with Crippen molar-refractivity contribution in [1.82, 2.24) is 0 Å². The standard InChI is InChI=1S/C13H10ClN4OS/c14-7-3-1-2-6(4-7)9-8(5-15)11(16)18-13(20)10(9)12(17)19/h1-4,9,20H,(H2,16,18)(H2,17,19)/q-1. The van der Waals surface area contributed by atoms with E-state index in [-0.39, 0.29) is 22.0 Å². The van der Waals surface area contributed by atoms with Gasteiger partial charge in [-0.3, -0.25) is 10.7 Å². The third-order valence-electron chi connectivity index (χ3n) is 2.89. The van der Waals surface area contributed by atoms with E-state index >= 15 is 0 Å². The van der Waals surface area contributed by atoms with E-state index in [9.17, 15) is 10.2 Å². The number of primary amides is 1. The zero-order valence-electron chi connectivity index (χ0n) is 10.2. The lowest BCUT2D eigenvalue weighted by atomic mass is 9.83. The molecule has 0 radical (unpaired) electrons. The number of benzene rings is 1. The second-order valence-corrected chi connectivity index (χ2v) is 4.97. The summed E-state index contributed by atoms with van der Waals surface area (Å²) in [6, 6.07) is 6.78. The van der Waals surface area contributed by atoms with Crippen LogP contribution in [0.25, 0.3) is 5.41 Å². The number of nitrogens with two attached hydrogens (primary N) is 2. The normalized spacial score (nSPS) is 18.6. The molecule has 1 aliphatic heterocycles. The topological polar surface area (TPSA) is 104 Å². The van der Waals surface area contributed by atoms with E-state index < -0.39 is 11.8 Å². The molecule has 0 saturated heterocycles. The summed E-state index contributed by atoms with van der Waals surface area (Å²) in [6.45, 7) is 0. The zero-order valence-corrected chi connectivity index (χ0v) is 11.8. The average molecular weight is 306 g/mol. The van der Waals surface area contributed by atoms with Crippen LogP contribution in [-0.4, -0.2) is 17.6 Å². The molecule has 1 aromatic rings. The van der Waals surface area contributed by atoms with Gasteiger partial charge in [0.15, 0.2) is 0 Å². The lowest BCUT2D eigenvalue weighted by molar-refractivity contribution is -0.114. The highest BCUT2D eigenvalue weighted by atomic mass is 35.5. The predicted octanol–water partition coefficient (Wildman–Crippen LogP) is 1.59. The molecule has 0 bridgehead atoms. The van der Waals surface area contributed by atoms with Gasteiger partial charge in [0.05, 0.1) is 11.5 Å². The average Bonchev–Trinajstić information content (AvgIpc) is 2.37. The molecule has 102 valence electrons. The molecule has 0 saturated carbocycles. The van der Waals surface area contributed by atoms with Gasteiger partial charge in [0.1, 0.15) is 10.9 Å². The Labute approximate surface area is 125 Å². The molecule has 4 N–H and O–H groups in total. The Balaban J connectivity index is 2.71. The molecule has 1 aromatic carbocycles. The number of carbonyl (C=O) groups is 1. The number of aliphatic imine (C=N–C) groups is 1. The third kappa shape index (κ3) is 2.49. The van der Waals surface area contributed by atoms with Crippen molar-refractivity contribution in [3.63, 3.8) is 0 Å². The molecule has 1 amide bonds. The number of nitrogens with zero attached hydrogens (tertiary/aromatic N) is 2. The first-order valence-corrected chi connectivity index (χ1v) is 6.38.